The van der Waals surface area contributed by atoms with E-state index in [0.29, 0.717) is 6.42 Å². The fourth-order valence-electron chi connectivity index (χ4n) is 4.01. The Morgan fingerprint density at radius 2 is 1.95 bits per heavy atom. The molecule has 0 amide bonds. The molecule has 114 valence electrons. The highest BCUT2D eigenvalue weighted by atomic mass is 17.3. The predicted octanol–water partition coefficient (Wildman–Crippen LogP) is 1.68. The van der Waals surface area contributed by atoms with E-state index in [-0.39, 0.29) is 11.8 Å². The molecule has 2 fully saturated rings. The van der Waals surface area contributed by atoms with Gasteiger partial charge < -0.3 is 14.9 Å². The molecule has 1 saturated heterocycles. The molecular weight excluding hydrogens is 260 g/mol. The number of fused-ring (bicyclic) bond motifs is 1. The Bertz CT molecular complexity index is 446. The minimum atomic E-state index is -1.11. The normalized spacial score (nSPS) is 50.8. The molecule has 3 aliphatic heterocycles. The second-order valence-electron chi connectivity index (χ2n) is 7.25. The molecule has 0 aromatic carbocycles. The third-order valence-corrected chi connectivity index (χ3v) is 5.27. The summed E-state index contributed by atoms with van der Waals surface area (Å²) in [5, 5.41) is 20.2. The lowest BCUT2D eigenvalue weighted by Gasteiger charge is -2.65. The van der Waals surface area contributed by atoms with Gasteiger partial charge in [0.2, 0.25) is 5.79 Å². The highest BCUT2D eigenvalue weighted by molar-refractivity contribution is 5.29. The molecule has 2 bridgehead atoms. The van der Waals surface area contributed by atoms with Crippen molar-refractivity contribution in [3.8, 4) is 0 Å². The van der Waals surface area contributed by atoms with Gasteiger partial charge in [0.25, 0.3) is 0 Å². The SMILES string of the molecule is CC(O)C[C@]12C=C[C@@]3(OO1)C(C)(C)CCC(O)[C@]3(C)O2. The number of ether oxygens (including phenoxy) is 1. The van der Waals surface area contributed by atoms with Crippen LogP contribution in [0.2, 0.25) is 0 Å². The van der Waals surface area contributed by atoms with Crippen LogP contribution in [0.15, 0.2) is 12.2 Å². The van der Waals surface area contributed by atoms with E-state index in [1.165, 1.54) is 0 Å². The van der Waals surface area contributed by atoms with Crippen molar-refractivity contribution in [1.82, 2.24) is 0 Å². The summed E-state index contributed by atoms with van der Waals surface area (Å²) in [6, 6.07) is 0. The molecule has 5 heteroatoms. The lowest BCUT2D eigenvalue weighted by atomic mass is 9.56. The van der Waals surface area contributed by atoms with Gasteiger partial charge in [-0.05, 0) is 38.8 Å². The highest BCUT2D eigenvalue weighted by Gasteiger charge is 2.72. The van der Waals surface area contributed by atoms with E-state index in [1.807, 2.05) is 19.1 Å². The molecule has 1 saturated carbocycles. The summed E-state index contributed by atoms with van der Waals surface area (Å²) in [7, 11) is 0. The molecule has 1 spiro atoms. The Morgan fingerprint density at radius 3 is 2.50 bits per heavy atom. The number of aliphatic hydroxyl groups excluding tert-OH is 2. The van der Waals surface area contributed by atoms with Crippen LogP contribution in [0.25, 0.3) is 0 Å². The summed E-state index contributed by atoms with van der Waals surface area (Å²) in [6.45, 7) is 7.75. The van der Waals surface area contributed by atoms with Gasteiger partial charge in [-0.15, -0.1) is 0 Å². The summed E-state index contributed by atoms with van der Waals surface area (Å²) in [6.07, 6.45) is 4.32. The Balaban J connectivity index is 2.07. The maximum absolute atomic E-state index is 10.5. The first kappa shape index (κ1) is 14.5. The predicted molar refractivity (Wildman–Crippen MR) is 71.6 cm³/mol. The zero-order chi connectivity index (χ0) is 14.8. The molecule has 5 nitrogen and oxygen atoms in total. The summed E-state index contributed by atoms with van der Waals surface area (Å²) in [5.41, 5.74) is -1.90. The molecule has 4 rings (SSSR count). The van der Waals surface area contributed by atoms with Crippen molar-refractivity contribution in [3.05, 3.63) is 12.2 Å². The van der Waals surface area contributed by atoms with Gasteiger partial charge in [-0.3, -0.25) is 0 Å². The maximum Gasteiger partial charge on any atom is 0.224 e. The van der Waals surface area contributed by atoms with E-state index >= 15 is 0 Å². The second kappa shape index (κ2) is 4.05. The van der Waals surface area contributed by atoms with Crippen molar-refractivity contribution in [2.45, 2.75) is 76.2 Å². The number of rotatable bonds is 2. The first-order valence-electron chi connectivity index (χ1n) is 7.30. The maximum atomic E-state index is 10.5. The summed E-state index contributed by atoms with van der Waals surface area (Å²) >= 11 is 0. The fraction of sp³-hybridized carbons (Fsp3) is 0.867. The minimum absolute atomic E-state index is 0.213. The summed E-state index contributed by atoms with van der Waals surface area (Å²) in [4.78, 5) is 11.3. The van der Waals surface area contributed by atoms with Crippen molar-refractivity contribution in [2.24, 2.45) is 5.41 Å². The molecule has 0 aromatic rings. The molecule has 4 aliphatic rings. The van der Waals surface area contributed by atoms with Crippen LogP contribution in [-0.2, 0) is 14.5 Å². The monoisotopic (exact) mass is 284 g/mol. The van der Waals surface area contributed by atoms with Crippen LogP contribution in [0.1, 0.15) is 47.0 Å². The highest BCUT2D eigenvalue weighted by Crippen LogP contribution is 2.61. The van der Waals surface area contributed by atoms with Crippen LogP contribution in [0.5, 0.6) is 0 Å². The molecule has 2 unspecified atom stereocenters. The van der Waals surface area contributed by atoms with E-state index in [0.717, 1.165) is 6.42 Å². The van der Waals surface area contributed by atoms with E-state index in [2.05, 4.69) is 13.8 Å². The zero-order valence-corrected chi connectivity index (χ0v) is 12.5. The lowest BCUT2D eigenvalue weighted by Crippen LogP contribution is -2.77. The Morgan fingerprint density at radius 1 is 1.25 bits per heavy atom. The molecule has 3 heterocycles. The molecular formula is C15H24O5. The van der Waals surface area contributed by atoms with E-state index in [9.17, 15) is 10.2 Å². The number of hydrogen-bond donors (Lipinski definition) is 2. The van der Waals surface area contributed by atoms with Crippen LogP contribution in [0.4, 0.5) is 0 Å². The van der Waals surface area contributed by atoms with Gasteiger partial charge in [-0.2, -0.15) is 4.89 Å². The lowest BCUT2D eigenvalue weighted by molar-refractivity contribution is -0.561. The molecule has 2 N–H and O–H groups in total. The van der Waals surface area contributed by atoms with Gasteiger partial charge in [0.05, 0.1) is 12.2 Å². The number of hydrogen-bond acceptors (Lipinski definition) is 5. The van der Waals surface area contributed by atoms with E-state index in [4.69, 9.17) is 14.5 Å². The Hall–Kier alpha value is -0.460. The first-order chi connectivity index (χ1) is 9.17. The van der Waals surface area contributed by atoms with Crippen molar-refractivity contribution >= 4 is 0 Å². The smallest absolute Gasteiger partial charge is 0.224 e. The van der Waals surface area contributed by atoms with Crippen molar-refractivity contribution in [3.63, 3.8) is 0 Å². The van der Waals surface area contributed by atoms with Crippen molar-refractivity contribution in [2.75, 3.05) is 0 Å². The van der Waals surface area contributed by atoms with Gasteiger partial charge >= 0.3 is 0 Å². The molecule has 1 aliphatic carbocycles. The van der Waals surface area contributed by atoms with Crippen LogP contribution in [0.3, 0.4) is 0 Å². The van der Waals surface area contributed by atoms with Crippen LogP contribution < -0.4 is 0 Å². The Kier molecular flexibility index (Phi) is 2.93. The molecule has 0 radical (unpaired) electrons. The second-order valence-corrected chi connectivity index (χ2v) is 7.25. The first-order valence-corrected chi connectivity index (χ1v) is 7.30. The van der Waals surface area contributed by atoms with E-state index in [1.54, 1.807) is 6.92 Å². The third kappa shape index (κ3) is 1.61. The molecule has 5 atom stereocenters. The summed E-state index contributed by atoms with van der Waals surface area (Å²) in [5.74, 6) is -1.11. The van der Waals surface area contributed by atoms with Gasteiger partial charge in [0, 0.05) is 11.8 Å². The van der Waals surface area contributed by atoms with Gasteiger partial charge in [-0.1, -0.05) is 13.8 Å². The Labute approximate surface area is 119 Å². The standard InChI is InChI=1S/C15H24O5/c1-10(16)9-14-7-8-15(20-19-14)12(2,3)6-5-11(17)13(15,4)18-14/h7-8,10-11,16-17H,5-6,9H2,1-4H3/t10?,11?,13-,14-,15+/m0/s1. The molecule has 20 heavy (non-hydrogen) atoms. The zero-order valence-electron chi connectivity index (χ0n) is 12.5. The van der Waals surface area contributed by atoms with Gasteiger partial charge in [0.15, 0.2) is 5.60 Å². The average molecular weight is 284 g/mol. The van der Waals surface area contributed by atoms with Gasteiger partial charge in [-0.25, -0.2) is 4.89 Å². The van der Waals surface area contributed by atoms with E-state index < -0.39 is 29.2 Å². The minimum Gasteiger partial charge on any atom is -0.393 e. The molecule has 0 aromatic heterocycles. The van der Waals surface area contributed by atoms with Crippen LogP contribution >= 0.6 is 0 Å². The summed E-state index contributed by atoms with van der Waals surface area (Å²) < 4.78 is 6.17. The van der Waals surface area contributed by atoms with Crippen LogP contribution in [-0.4, -0.2) is 39.4 Å². The van der Waals surface area contributed by atoms with Crippen molar-refractivity contribution in [1.29, 1.82) is 0 Å². The third-order valence-electron chi connectivity index (χ3n) is 5.27. The van der Waals surface area contributed by atoms with Gasteiger partial charge in [0.1, 0.15) is 5.60 Å². The topological polar surface area (TPSA) is 68.2 Å². The largest absolute Gasteiger partial charge is 0.393 e. The average Bonchev–Trinajstić information content (AvgIpc) is 2.34. The fourth-order valence-corrected chi connectivity index (χ4v) is 4.01. The quantitative estimate of drug-likeness (QED) is 0.596. The number of aliphatic hydroxyl groups is 2. The van der Waals surface area contributed by atoms with Crippen molar-refractivity contribution < 1.29 is 24.7 Å². The van der Waals surface area contributed by atoms with Crippen LogP contribution in [0, 0.1) is 5.41 Å².